The highest BCUT2D eigenvalue weighted by Gasteiger charge is 2.21. The Bertz CT molecular complexity index is 1020. The van der Waals surface area contributed by atoms with Crippen molar-refractivity contribution in [3.8, 4) is 11.5 Å². The minimum atomic E-state index is -0.155. The first-order chi connectivity index (χ1) is 13.2. The molecule has 1 unspecified atom stereocenters. The van der Waals surface area contributed by atoms with Gasteiger partial charge in [0.05, 0.1) is 17.9 Å². The molecule has 1 N–H and O–H groups in total. The van der Waals surface area contributed by atoms with E-state index in [-0.39, 0.29) is 11.9 Å². The molecule has 0 spiro atoms. The average molecular weight is 356 g/mol. The van der Waals surface area contributed by atoms with Gasteiger partial charge in [-0.25, -0.2) is 4.68 Å². The monoisotopic (exact) mass is 356 g/mol. The molecule has 0 aliphatic heterocycles. The Hall–Kier alpha value is -3.60. The third-order valence-electron chi connectivity index (χ3n) is 4.49. The van der Waals surface area contributed by atoms with Crippen molar-refractivity contribution >= 4 is 5.91 Å². The van der Waals surface area contributed by atoms with Crippen molar-refractivity contribution in [2.45, 2.75) is 13.0 Å². The summed E-state index contributed by atoms with van der Waals surface area (Å²) < 4.78 is 3.68. The highest BCUT2D eigenvalue weighted by atomic mass is 16.1. The van der Waals surface area contributed by atoms with Crippen molar-refractivity contribution in [3.63, 3.8) is 0 Å². The van der Waals surface area contributed by atoms with E-state index in [2.05, 4.69) is 10.4 Å². The maximum Gasteiger partial charge on any atom is 0.257 e. The molecule has 1 atom stereocenters. The summed E-state index contributed by atoms with van der Waals surface area (Å²) in [6.07, 6.45) is 5.44. The van der Waals surface area contributed by atoms with Crippen LogP contribution in [0.4, 0.5) is 0 Å². The molecule has 0 aliphatic carbocycles. The van der Waals surface area contributed by atoms with Crippen LogP contribution in [0.1, 0.15) is 28.9 Å². The van der Waals surface area contributed by atoms with Crippen LogP contribution in [-0.4, -0.2) is 20.3 Å². The Balaban J connectivity index is 1.71. The molecule has 134 valence electrons. The smallest absolute Gasteiger partial charge is 0.257 e. The molecule has 4 rings (SSSR count). The molecule has 4 aromatic rings. The summed E-state index contributed by atoms with van der Waals surface area (Å²) in [4.78, 5) is 13.0. The van der Waals surface area contributed by atoms with E-state index in [0.717, 1.165) is 11.3 Å². The zero-order chi connectivity index (χ0) is 18.6. The van der Waals surface area contributed by atoms with E-state index >= 15 is 0 Å². The summed E-state index contributed by atoms with van der Waals surface area (Å²) in [6.45, 7) is 1.98. The minimum Gasteiger partial charge on any atom is -0.345 e. The second kappa shape index (κ2) is 7.33. The zero-order valence-electron chi connectivity index (χ0n) is 15.0. The number of amides is 1. The van der Waals surface area contributed by atoms with Gasteiger partial charge in [-0.3, -0.25) is 4.79 Å². The highest BCUT2D eigenvalue weighted by molar-refractivity contribution is 5.97. The van der Waals surface area contributed by atoms with Crippen LogP contribution in [0.15, 0.2) is 91.4 Å². The molecular formula is C22H20N4O. The molecule has 5 nitrogen and oxygen atoms in total. The largest absolute Gasteiger partial charge is 0.345 e. The van der Waals surface area contributed by atoms with E-state index in [0.29, 0.717) is 11.4 Å². The second-order valence-electron chi connectivity index (χ2n) is 6.33. The predicted octanol–water partition coefficient (Wildman–Crippen LogP) is 4.15. The van der Waals surface area contributed by atoms with Crippen LogP contribution in [0.5, 0.6) is 0 Å². The minimum absolute atomic E-state index is 0.101. The summed E-state index contributed by atoms with van der Waals surface area (Å²) >= 11 is 0. The zero-order valence-corrected chi connectivity index (χ0v) is 15.0. The SMILES string of the molecule is CC(NC(=O)c1cnn(-c2ccccc2)c1-n1cccc1)c1ccccc1. The Morgan fingerprint density at radius 2 is 1.56 bits per heavy atom. The first-order valence-corrected chi connectivity index (χ1v) is 8.86. The maximum absolute atomic E-state index is 13.0. The van der Waals surface area contributed by atoms with Gasteiger partial charge in [-0.1, -0.05) is 48.5 Å². The van der Waals surface area contributed by atoms with Gasteiger partial charge in [-0.15, -0.1) is 0 Å². The summed E-state index contributed by atoms with van der Waals surface area (Å²) in [6, 6.07) is 23.5. The van der Waals surface area contributed by atoms with E-state index in [1.165, 1.54) is 0 Å². The molecule has 27 heavy (non-hydrogen) atoms. The highest BCUT2D eigenvalue weighted by Crippen LogP contribution is 2.21. The lowest BCUT2D eigenvalue weighted by Gasteiger charge is -2.15. The molecule has 1 amide bonds. The third kappa shape index (κ3) is 3.40. The molecule has 0 bridgehead atoms. The Morgan fingerprint density at radius 1 is 0.926 bits per heavy atom. The summed E-state index contributed by atoms with van der Waals surface area (Å²) in [5.41, 5.74) is 2.48. The van der Waals surface area contributed by atoms with Crippen molar-refractivity contribution in [2.75, 3.05) is 0 Å². The fraction of sp³-hybridized carbons (Fsp3) is 0.0909. The number of benzene rings is 2. The van der Waals surface area contributed by atoms with E-state index in [9.17, 15) is 4.79 Å². The molecule has 0 fully saturated rings. The van der Waals surface area contributed by atoms with Crippen molar-refractivity contribution in [2.24, 2.45) is 0 Å². The van der Waals surface area contributed by atoms with Crippen LogP contribution in [0, 0.1) is 0 Å². The van der Waals surface area contributed by atoms with E-state index in [1.807, 2.05) is 96.7 Å². The van der Waals surface area contributed by atoms with Gasteiger partial charge in [0, 0.05) is 12.4 Å². The molecule has 2 aromatic carbocycles. The van der Waals surface area contributed by atoms with E-state index in [4.69, 9.17) is 0 Å². The average Bonchev–Trinajstić information content (AvgIpc) is 3.38. The molecule has 0 saturated carbocycles. The van der Waals surface area contributed by atoms with Gasteiger partial charge >= 0.3 is 0 Å². The van der Waals surface area contributed by atoms with Crippen LogP contribution in [0.3, 0.4) is 0 Å². The topological polar surface area (TPSA) is 51.9 Å². The van der Waals surface area contributed by atoms with Crippen LogP contribution >= 0.6 is 0 Å². The number of rotatable bonds is 5. The van der Waals surface area contributed by atoms with Crippen LogP contribution in [-0.2, 0) is 0 Å². The Morgan fingerprint density at radius 3 is 2.22 bits per heavy atom. The number of nitrogens with zero attached hydrogens (tertiary/aromatic N) is 3. The Kier molecular flexibility index (Phi) is 4.58. The first kappa shape index (κ1) is 16.8. The van der Waals surface area contributed by atoms with Gasteiger partial charge in [0.2, 0.25) is 0 Å². The summed E-state index contributed by atoms with van der Waals surface area (Å²) in [7, 11) is 0. The molecule has 0 saturated heterocycles. The lowest BCUT2D eigenvalue weighted by Crippen LogP contribution is -2.27. The normalized spacial score (nSPS) is 11.9. The van der Waals surface area contributed by atoms with Crippen molar-refractivity contribution < 1.29 is 4.79 Å². The fourth-order valence-electron chi connectivity index (χ4n) is 3.08. The van der Waals surface area contributed by atoms with Gasteiger partial charge in [0.1, 0.15) is 5.56 Å². The molecule has 0 aliphatic rings. The fourth-order valence-corrected chi connectivity index (χ4v) is 3.08. The molecule has 2 aromatic heterocycles. The maximum atomic E-state index is 13.0. The number of hydrogen-bond donors (Lipinski definition) is 1. The van der Waals surface area contributed by atoms with Crippen LogP contribution < -0.4 is 5.32 Å². The predicted molar refractivity (Wildman–Crippen MR) is 105 cm³/mol. The number of hydrogen-bond acceptors (Lipinski definition) is 2. The number of aromatic nitrogens is 3. The van der Waals surface area contributed by atoms with E-state index in [1.54, 1.807) is 10.9 Å². The quantitative estimate of drug-likeness (QED) is 0.584. The number of carbonyl (C=O) groups excluding carboxylic acids is 1. The van der Waals surface area contributed by atoms with Gasteiger partial charge in [-0.2, -0.15) is 5.10 Å². The Labute approximate surface area is 157 Å². The number of para-hydroxylation sites is 1. The lowest BCUT2D eigenvalue weighted by molar-refractivity contribution is 0.0940. The summed E-state index contributed by atoms with van der Waals surface area (Å²) in [5, 5.41) is 7.55. The molecule has 5 heteroatoms. The van der Waals surface area contributed by atoms with Crippen molar-refractivity contribution in [1.29, 1.82) is 0 Å². The standard InChI is InChI=1S/C22H20N4O/c1-17(18-10-4-2-5-11-18)24-21(27)20-16-23-26(19-12-6-3-7-13-19)22(20)25-14-8-9-15-25/h2-17H,1H3,(H,24,27). The summed E-state index contributed by atoms with van der Waals surface area (Å²) in [5.74, 6) is 0.557. The molecule has 2 heterocycles. The third-order valence-corrected chi connectivity index (χ3v) is 4.49. The molecule has 0 radical (unpaired) electrons. The van der Waals surface area contributed by atoms with Crippen molar-refractivity contribution in [3.05, 3.63) is 103 Å². The van der Waals surface area contributed by atoms with Crippen LogP contribution in [0.2, 0.25) is 0 Å². The van der Waals surface area contributed by atoms with Crippen molar-refractivity contribution in [1.82, 2.24) is 19.7 Å². The van der Waals surface area contributed by atoms with Gasteiger partial charge in [0.25, 0.3) is 5.91 Å². The van der Waals surface area contributed by atoms with Gasteiger partial charge < -0.3 is 9.88 Å². The number of nitrogens with one attached hydrogen (secondary N) is 1. The number of carbonyl (C=O) groups is 1. The lowest BCUT2D eigenvalue weighted by atomic mass is 10.1. The van der Waals surface area contributed by atoms with Gasteiger partial charge in [-0.05, 0) is 36.8 Å². The van der Waals surface area contributed by atoms with Gasteiger partial charge in [0.15, 0.2) is 5.82 Å². The van der Waals surface area contributed by atoms with E-state index < -0.39 is 0 Å². The molecular weight excluding hydrogens is 336 g/mol. The van der Waals surface area contributed by atoms with Crippen LogP contribution in [0.25, 0.3) is 11.5 Å². The first-order valence-electron chi connectivity index (χ1n) is 8.86. The second-order valence-corrected chi connectivity index (χ2v) is 6.33.